The van der Waals surface area contributed by atoms with Crippen molar-refractivity contribution in [3.63, 3.8) is 0 Å². The lowest BCUT2D eigenvalue weighted by atomic mass is 10.0. The van der Waals surface area contributed by atoms with Crippen LogP contribution < -0.4 is 10.2 Å². The van der Waals surface area contributed by atoms with E-state index in [9.17, 15) is 13.2 Å². The number of carbonyl (C=O) groups excluding carboxylic acids is 1. The van der Waals surface area contributed by atoms with Gasteiger partial charge in [-0.3, -0.25) is 9.69 Å². The van der Waals surface area contributed by atoms with Crippen LogP contribution in [-0.4, -0.2) is 46.8 Å². The number of nitrogens with zero attached hydrogens (tertiary/aromatic N) is 4. The number of nitrogens with one attached hydrogen (secondary N) is 1. The van der Waals surface area contributed by atoms with Gasteiger partial charge in [-0.05, 0) is 48.7 Å². The maximum absolute atomic E-state index is 13.1. The topological polar surface area (TPSA) is 95.5 Å². The smallest absolute Gasteiger partial charge is 0.263 e. The van der Waals surface area contributed by atoms with E-state index in [0.29, 0.717) is 57.7 Å². The summed E-state index contributed by atoms with van der Waals surface area (Å²) in [5.41, 5.74) is 3.73. The number of hydrogen-bond acceptors (Lipinski definition) is 7. The van der Waals surface area contributed by atoms with Crippen LogP contribution in [0.3, 0.4) is 0 Å². The largest absolute Gasteiger partial charge is 0.324 e. The van der Waals surface area contributed by atoms with E-state index >= 15 is 0 Å². The van der Waals surface area contributed by atoms with Crippen LogP contribution in [0, 0.1) is 0 Å². The third kappa shape index (κ3) is 4.73. The van der Waals surface area contributed by atoms with Gasteiger partial charge in [0.05, 0.1) is 32.9 Å². The maximum atomic E-state index is 13.1. The average molecular weight is 550 g/mol. The number of carbonyl (C=O) groups is 1. The fourth-order valence-corrected chi connectivity index (χ4v) is 6.70. The molecule has 182 valence electrons. The Morgan fingerprint density at radius 1 is 1.14 bits per heavy atom. The van der Waals surface area contributed by atoms with E-state index in [1.54, 1.807) is 25.1 Å². The second-order valence-corrected chi connectivity index (χ2v) is 12.1. The summed E-state index contributed by atoms with van der Waals surface area (Å²) in [4.78, 5) is 23.5. The molecular formula is C23H21Cl2N5O3S2. The van der Waals surface area contributed by atoms with E-state index in [1.807, 2.05) is 18.2 Å². The molecule has 8 nitrogen and oxygen atoms in total. The monoisotopic (exact) mass is 549 g/mol. The van der Waals surface area contributed by atoms with Crippen molar-refractivity contribution in [3.05, 3.63) is 69.3 Å². The Labute approximate surface area is 217 Å². The maximum Gasteiger partial charge on any atom is 0.263 e. The first-order valence-corrected chi connectivity index (χ1v) is 14.2. The number of para-hydroxylation sites is 1. The predicted molar refractivity (Wildman–Crippen MR) is 139 cm³/mol. The van der Waals surface area contributed by atoms with Gasteiger partial charge in [0.25, 0.3) is 5.91 Å². The summed E-state index contributed by atoms with van der Waals surface area (Å²) in [6.45, 7) is 2.50. The van der Waals surface area contributed by atoms with Gasteiger partial charge in [-0.2, -0.15) is 4.31 Å². The highest BCUT2D eigenvalue weighted by Crippen LogP contribution is 2.39. The van der Waals surface area contributed by atoms with Gasteiger partial charge < -0.3 is 5.32 Å². The van der Waals surface area contributed by atoms with Crippen LogP contribution in [0.1, 0.15) is 28.4 Å². The van der Waals surface area contributed by atoms with Gasteiger partial charge in [0.15, 0.2) is 0 Å². The summed E-state index contributed by atoms with van der Waals surface area (Å²) in [5.74, 6) is 0.531. The Bertz CT molecular complexity index is 1410. The molecule has 3 aromatic rings. The van der Waals surface area contributed by atoms with E-state index in [4.69, 9.17) is 23.2 Å². The summed E-state index contributed by atoms with van der Waals surface area (Å²) in [6.07, 6.45) is 2.14. The highest BCUT2D eigenvalue weighted by Gasteiger charge is 2.31. The zero-order chi connectivity index (χ0) is 24.7. The van der Waals surface area contributed by atoms with Gasteiger partial charge in [0.2, 0.25) is 16.0 Å². The van der Waals surface area contributed by atoms with Crippen LogP contribution in [-0.2, 0) is 23.0 Å². The molecular weight excluding hydrogens is 529 g/mol. The lowest BCUT2D eigenvalue weighted by Gasteiger charge is -2.29. The van der Waals surface area contributed by atoms with Crippen molar-refractivity contribution in [2.45, 2.75) is 24.9 Å². The Hall–Kier alpha value is -2.37. The molecule has 35 heavy (non-hydrogen) atoms. The number of fused-ring (bicyclic) bond motifs is 2. The van der Waals surface area contributed by atoms with Crippen molar-refractivity contribution in [1.29, 1.82) is 0 Å². The van der Waals surface area contributed by atoms with E-state index < -0.39 is 10.0 Å². The summed E-state index contributed by atoms with van der Waals surface area (Å²) in [7, 11) is -3.21. The van der Waals surface area contributed by atoms with Crippen molar-refractivity contribution in [2.24, 2.45) is 0 Å². The van der Waals surface area contributed by atoms with Crippen molar-refractivity contribution in [3.8, 4) is 0 Å². The minimum Gasteiger partial charge on any atom is -0.324 e. The second kappa shape index (κ2) is 9.59. The molecule has 1 aromatic heterocycles. The SMILES string of the molecule is CCS(=O)(=O)N1CCc2cc(Nc3ncc4c(n3)SCN(c3c(Cl)cccc3Cl)C4=O)ccc2C1. The number of anilines is 3. The predicted octanol–water partition coefficient (Wildman–Crippen LogP) is 4.94. The fraction of sp³-hybridized carbons (Fsp3) is 0.261. The number of halogens is 2. The average Bonchev–Trinajstić information content (AvgIpc) is 2.85. The van der Waals surface area contributed by atoms with Crippen molar-refractivity contribution in [1.82, 2.24) is 14.3 Å². The van der Waals surface area contributed by atoms with Gasteiger partial charge in [0, 0.05) is 25.0 Å². The van der Waals surface area contributed by atoms with E-state index in [2.05, 4.69) is 15.3 Å². The van der Waals surface area contributed by atoms with Gasteiger partial charge in [-0.25, -0.2) is 18.4 Å². The van der Waals surface area contributed by atoms with Crippen molar-refractivity contribution >= 4 is 68.2 Å². The first-order valence-electron chi connectivity index (χ1n) is 10.9. The summed E-state index contributed by atoms with van der Waals surface area (Å²) in [6, 6.07) is 10.9. The highest BCUT2D eigenvalue weighted by atomic mass is 35.5. The number of amides is 1. The quantitative estimate of drug-likeness (QED) is 0.450. The number of benzene rings is 2. The molecule has 2 aliphatic rings. The molecule has 0 atom stereocenters. The molecule has 0 fully saturated rings. The van der Waals surface area contributed by atoms with Gasteiger partial charge >= 0.3 is 0 Å². The molecule has 2 aliphatic heterocycles. The molecule has 1 amide bonds. The van der Waals surface area contributed by atoms with Crippen LogP contribution in [0.25, 0.3) is 0 Å². The lowest BCUT2D eigenvalue weighted by Crippen LogP contribution is -2.36. The van der Waals surface area contributed by atoms with Crippen molar-refractivity contribution in [2.75, 3.05) is 28.4 Å². The Morgan fingerprint density at radius 2 is 1.91 bits per heavy atom. The van der Waals surface area contributed by atoms with E-state index in [-0.39, 0.29) is 11.7 Å². The molecule has 0 radical (unpaired) electrons. The van der Waals surface area contributed by atoms with Crippen LogP contribution in [0.2, 0.25) is 10.0 Å². The van der Waals surface area contributed by atoms with Crippen molar-refractivity contribution < 1.29 is 13.2 Å². The summed E-state index contributed by atoms with van der Waals surface area (Å²) >= 11 is 14.0. The fourth-order valence-electron chi connectivity index (χ4n) is 4.08. The molecule has 5 rings (SSSR count). The van der Waals surface area contributed by atoms with Crippen LogP contribution >= 0.6 is 35.0 Å². The number of rotatable bonds is 5. The first kappa shape index (κ1) is 24.3. The molecule has 12 heteroatoms. The second-order valence-electron chi connectivity index (χ2n) is 8.08. The Kier molecular flexibility index (Phi) is 6.67. The van der Waals surface area contributed by atoms with E-state index in [1.165, 1.54) is 27.2 Å². The Balaban J connectivity index is 1.34. The molecule has 0 aliphatic carbocycles. The number of aromatic nitrogens is 2. The first-order chi connectivity index (χ1) is 16.8. The van der Waals surface area contributed by atoms with Crippen LogP contribution in [0.5, 0.6) is 0 Å². The molecule has 0 bridgehead atoms. The molecule has 2 aromatic carbocycles. The minimum atomic E-state index is -3.21. The van der Waals surface area contributed by atoms with Crippen LogP contribution in [0.15, 0.2) is 47.6 Å². The van der Waals surface area contributed by atoms with E-state index in [0.717, 1.165) is 16.8 Å². The molecule has 3 heterocycles. The zero-order valence-corrected chi connectivity index (χ0v) is 21.8. The molecule has 0 unspecified atom stereocenters. The van der Waals surface area contributed by atoms with Gasteiger partial charge in [-0.1, -0.05) is 47.1 Å². The number of sulfonamides is 1. The lowest BCUT2D eigenvalue weighted by molar-refractivity contribution is 0.0985. The normalized spacial score (nSPS) is 16.1. The minimum absolute atomic E-state index is 0.0986. The number of thioether (sulfide) groups is 1. The van der Waals surface area contributed by atoms with Gasteiger partial charge in [-0.15, -0.1) is 0 Å². The van der Waals surface area contributed by atoms with Crippen LogP contribution in [0.4, 0.5) is 17.3 Å². The number of hydrogen-bond donors (Lipinski definition) is 1. The third-order valence-electron chi connectivity index (χ3n) is 5.97. The molecule has 0 saturated carbocycles. The standard InChI is InChI=1S/C23H21Cl2N5O3S2/c1-2-35(32,33)29-9-8-14-10-16(7-6-15(14)12-29)27-23-26-11-17-21(28-23)34-13-30(22(17)31)20-18(24)4-3-5-19(20)25/h3-7,10-11H,2,8-9,12-13H2,1H3,(H,26,27,28). The molecule has 0 saturated heterocycles. The van der Waals surface area contributed by atoms with Gasteiger partial charge in [0.1, 0.15) is 5.03 Å². The molecule has 0 spiro atoms. The Morgan fingerprint density at radius 3 is 2.66 bits per heavy atom. The summed E-state index contributed by atoms with van der Waals surface area (Å²) in [5, 5.41) is 4.57. The molecule has 1 N–H and O–H groups in total. The third-order valence-corrected chi connectivity index (χ3v) is 9.38. The highest BCUT2D eigenvalue weighted by molar-refractivity contribution is 7.99. The summed E-state index contributed by atoms with van der Waals surface area (Å²) < 4.78 is 25.9. The zero-order valence-electron chi connectivity index (χ0n) is 18.7.